The predicted molar refractivity (Wildman–Crippen MR) is 109 cm³/mol. The zero-order valence-electron chi connectivity index (χ0n) is 15.8. The molecule has 144 valence electrons. The van der Waals surface area contributed by atoms with Crippen LogP contribution in [0.5, 0.6) is 0 Å². The average Bonchev–Trinajstić information content (AvgIpc) is 2.69. The van der Waals surface area contributed by atoms with Crippen molar-refractivity contribution in [1.82, 2.24) is 0 Å². The molecule has 1 aliphatic heterocycles. The molecule has 3 rings (SSSR count). The van der Waals surface area contributed by atoms with E-state index in [9.17, 15) is 4.79 Å². The molecule has 6 heteroatoms. The fourth-order valence-electron chi connectivity index (χ4n) is 3.30. The molecule has 2 atom stereocenters. The van der Waals surface area contributed by atoms with Crippen LogP contribution in [0.4, 0.5) is 11.4 Å². The smallest absolute Gasteiger partial charge is 0.282 e. The first-order valence-electron chi connectivity index (χ1n) is 9.37. The van der Waals surface area contributed by atoms with Crippen LogP contribution in [0.3, 0.4) is 0 Å². The van der Waals surface area contributed by atoms with Gasteiger partial charge < -0.3 is 20.3 Å². The van der Waals surface area contributed by atoms with Crippen molar-refractivity contribution in [2.45, 2.75) is 25.9 Å². The second-order valence-electron chi connectivity index (χ2n) is 6.93. The summed E-state index contributed by atoms with van der Waals surface area (Å²) in [6.45, 7) is 7.28. The Kier molecular flexibility index (Phi) is 6.72. The van der Waals surface area contributed by atoms with Crippen LogP contribution in [0, 0.1) is 0 Å². The number of ether oxygens (including phenoxy) is 1. The van der Waals surface area contributed by atoms with Crippen LogP contribution in [-0.2, 0) is 9.53 Å². The summed E-state index contributed by atoms with van der Waals surface area (Å²) in [6, 6.07) is 15.6. The number of halogens is 1. The molecule has 0 spiro atoms. The third-order valence-corrected chi connectivity index (χ3v) is 5.24. The van der Waals surface area contributed by atoms with E-state index in [0.29, 0.717) is 0 Å². The number of nitrogens with one attached hydrogen (secondary N) is 1. The summed E-state index contributed by atoms with van der Waals surface area (Å²) >= 11 is 6.26. The number of nitrogens with zero attached hydrogens (tertiary/aromatic N) is 1. The maximum atomic E-state index is 12.5. The number of anilines is 2. The van der Waals surface area contributed by atoms with E-state index in [2.05, 4.69) is 17.1 Å². The molecule has 1 fully saturated rings. The van der Waals surface area contributed by atoms with Crippen LogP contribution in [0.25, 0.3) is 0 Å². The molecule has 0 radical (unpaired) electrons. The van der Waals surface area contributed by atoms with Gasteiger partial charge in [-0.05, 0) is 44.2 Å². The Hall–Kier alpha value is -2.08. The van der Waals surface area contributed by atoms with Gasteiger partial charge in [0.1, 0.15) is 6.04 Å². The predicted octanol–water partition coefficient (Wildman–Crippen LogP) is 2.83. The fraction of sp³-hybridized carbons (Fsp3) is 0.381. The van der Waals surface area contributed by atoms with Gasteiger partial charge in [-0.25, -0.2) is 0 Å². The molecular formula is C21H27ClN3O2+. The largest absolute Gasteiger partial charge is 0.378 e. The van der Waals surface area contributed by atoms with Gasteiger partial charge in [0.15, 0.2) is 6.04 Å². The van der Waals surface area contributed by atoms with E-state index in [1.165, 1.54) is 0 Å². The van der Waals surface area contributed by atoms with Gasteiger partial charge in [0.2, 0.25) is 0 Å². The highest BCUT2D eigenvalue weighted by atomic mass is 35.5. The highest BCUT2D eigenvalue weighted by Crippen LogP contribution is 2.20. The summed E-state index contributed by atoms with van der Waals surface area (Å²) in [5, 5.41) is 5.75. The van der Waals surface area contributed by atoms with Gasteiger partial charge in [-0.2, -0.15) is 0 Å². The van der Waals surface area contributed by atoms with Crippen molar-refractivity contribution < 1.29 is 14.8 Å². The number of carbonyl (C=O) groups is 1. The summed E-state index contributed by atoms with van der Waals surface area (Å²) < 4.78 is 5.38. The fourth-order valence-corrected chi connectivity index (χ4v) is 3.61. The number of benzene rings is 2. The van der Waals surface area contributed by atoms with Crippen LogP contribution in [-0.4, -0.2) is 38.3 Å². The maximum Gasteiger partial charge on any atom is 0.282 e. The Morgan fingerprint density at radius 1 is 1.11 bits per heavy atom. The molecule has 0 aromatic heterocycles. The minimum atomic E-state index is -0.227. The minimum absolute atomic E-state index is 0.0203. The van der Waals surface area contributed by atoms with E-state index in [-0.39, 0.29) is 18.0 Å². The van der Waals surface area contributed by atoms with Gasteiger partial charge >= 0.3 is 0 Å². The lowest BCUT2D eigenvalue weighted by molar-refractivity contribution is -0.709. The van der Waals surface area contributed by atoms with Gasteiger partial charge in [-0.3, -0.25) is 4.79 Å². The molecule has 1 saturated heterocycles. The molecule has 5 nitrogen and oxygen atoms in total. The van der Waals surface area contributed by atoms with Crippen molar-refractivity contribution >= 4 is 28.9 Å². The van der Waals surface area contributed by atoms with Crippen molar-refractivity contribution in [2.75, 3.05) is 36.5 Å². The molecule has 27 heavy (non-hydrogen) atoms. The Morgan fingerprint density at radius 2 is 1.78 bits per heavy atom. The number of amides is 1. The summed E-state index contributed by atoms with van der Waals surface area (Å²) in [7, 11) is 0. The molecule has 0 bridgehead atoms. The number of morpholine rings is 1. The summed E-state index contributed by atoms with van der Waals surface area (Å²) in [5.41, 5.74) is 3.00. The topological polar surface area (TPSA) is 58.2 Å². The van der Waals surface area contributed by atoms with E-state index < -0.39 is 0 Å². The van der Waals surface area contributed by atoms with E-state index >= 15 is 0 Å². The van der Waals surface area contributed by atoms with Gasteiger partial charge in [-0.15, -0.1) is 0 Å². The average molecular weight is 389 g/mol. The summed E-state index contributed by atoms with van der Waals surface area (Å²) in [4.78, 5) is 14.8. The zero-order valence-corrected chi connectivity index (χ0v) is 16.6. The van der Waals surface area contributed by atoms with Gasteiger partial charge in [0, 0.05) is 35.1 Å². The van der Waals surface area contributed by atoms with Gasteiger partial charge in [-0.1, -0.05) is 29.8 Å². The lowest BCUT2D eigenvalue weighted by atomic mass is 10.1. The lowest BCUT2D eigenvalue weighted by Crippen LogP contribution is -2.91. The number of hydrogen-bond acceptors (Lipinski definition) is 3. The number of hydrogen-bond donors (Lipinski definition) is 2. The Labute approximate surface area is 165 Å². The van der Waals surface area contributed by atoms with Crippen LogP contribution in [0.2, 0.25) is 5.02 Å². The highest BCUT2D eigenvalue weighted by Gasteiger charge is 2.21. The molecule has 2 aromatic rings. The number of carbonyl (C=O) groups excluding carboxylic acids is 1. The Balaban J connectivity index is 1.55. The molecule has 1 amide bonds. The second-order valence-corrected chi connectivity index (χ2v) is 7.33. The molecule has 1 aliphatic rings. The Morgan fingerprint density at radius 3 is 2.44 bits per heavy atom. The lowest BCUT2D eigenvalue weighted by Gasteiger charge is -2.29. The van der Waals surface area contributed by atoms with E-state index in [1.54, 1.807) is 0 Å². The summed E-state index contributed by atoms with van der Waals surface area (Å²) in [5.74, 6) is -0.0203. The maximum absolute atomic E-state index is 12.5. The van der Waals surface area contributed by atoms with Crippen molar-refractivity contribution in [3.63, 3.8) is 0 Å². The zero-order chi connectivity index (χ0) is 19.2. The van der Waals surface area contributed by atoms with E-state index in [0.717, 1.165) is 48.3 Å². The molecule has 0 aliphatic carbocycles. The van der Waals surface area contributed by atoms with Gasteiger partial charge in [0.05, 0.1) is 13.2 Å². The highest BCUT2D eigenvalue weighted by molar-refractivity contribution is 6.31. The van der Waals surface area contributed by atoms with E-state index in [4.69, 9.17) is 16.3 Å². The summed E-state index contributed by atoms with van der Waals surface area (Å²) in [6.07, 6.45) is 0. The molecular weight excluding hydrogens is 362 g/mol. The van der Waals surface area contributed by atoms with Crippen molar-refractivity contribution in [1.29, 1.82) is 0 Å². The molecule has 2 aromatic carbocycles. The standard InChI is InChI=1S/C21H26ClN3O2/c1-15(19-5-3-4-6-20(19)22)23-16(2)21(26)24-17-7-9-18(10-8-17)25-11-13-27-14-12-25/h3-10,15-16,23H,11-14H2,1-2H3,(H,24,26)/p+1/t15-,16-/m0/s1. The third kappa shape index (κ3) is 5.22. The monoisotopic (exact) mass is 388 g/mol. The minimum Gasteiger partial charge on any atom is -0.378 e. The van der Waals surface area contributed by atoms with Crippen molar-refractivity contribution in [2.24, 2.45) is 0 Å². The molecule has 0 saturated carbocycles. The number of rotatable bonds is 6. The first-order valence-corrected chi connectivity index (χ1v) is 9.75. The third-order valence-electron chi connectivity index (χ3n) is 4.90. The number of nitrogens with two attached hydrogens (primary N) is 1. The molecule has 0 unspecified atom stereocenters. The Bertz CT molecular complexity index is 760. The number of quaternary nitrogens is 1. The molecule has 3 N–H and O–H groups in total. The van der Waals surface area contributed by atoms with Crippen LogP contribution in [0.15, 0.2) is 48.5 Å². The van der Waals surface area contributed by atoms with Gasteiger partial charge in [0.25, 0.3) is 5.91 Å². The van der Waals surface area contributed by atoms with E-state index in [1.807, 2.05) is 60.8 Å². The molecule has 1 heterocycles. The van der Waals surface area contributed by atoms with Crippen molar-refractivity contribution in [3.05, 3.63) is 59.1 Å². The van der Waals surface area contributed by atoms with Crippen LogP contribution < -0.4 is 15.5 Å². The first kappa shape index (κ1) is 19.7. The first-order chi connectivity index (χ1) is 13.0. The van der Waals surface area contributed by atoms with Crippen LogP contribution >= 0.6 is 11.6 Å². The second kappa shape index (κ2) is 9.22. The normalized spacial score (nSPS) is 16.6. The van der Waals surface area contributed by atoms with Crippen LogP contribution in [0.1, 0.15) is 25.5 Å². The van der Waals surface area contributed by atoms with Crippen molar-refractivity contribution in [3.8, 4) is 0 Å². The SMILES string of the molecule is C[C@H]([NH2+][C@@H](C)c1ccccc1Cl)C(=O)Nc1ccc(N2CCOCC2)cc1. The quantitative estimate of drug-likeness (QED) is 0.800.